The van der Waals surface area contributed by atoms with Gasteiger partial charge in [0.25, 0.3) is 0 Å². The fraction of sp³-hybridized carbons (Fsp3) is 0.417. The lowest BCUT2D eigenvalue weighted by atomic mass is 10.2. The summed E-state index contributed by atoms with van der Waals surface area (Å²) in [5.41, 5.74) is 1.84. The van der Waals surface area contributed by atoms with E-state index in [9.17, 15) is 0 Å². The number of rotatable bonds is 4. The standard InChI is InChI=1S/C9H14.C3H7N/c1-4-6-8-9(3)7-5-2;1-3(2)4/h4,6,8H,1,3,5,7H2,2H3;4H,1-2H3/b8-6-;. The van der Waals surface area contributed by atoms with E-state index in [4.69, 9.17) is 5.41 Å². The minimum atomic E-state index is 0.667. The molecule has 0 bridgehead atoms. The molecule has 0 aromatic heterocycles. The highest BCUT2D eigenvalue weighted by molar-refractivity contribution is 5.75. The van der Waals surface area contributed by atoms with Crippen molar-refractivity contribution in [1.29, 1.82) is 5.41 Å². The maximum atomic E-state index is 6.50. The highest BCUT2D eigenvalue weighted by atomic mass is 14.3. The summed E-state index contributed by atoms with van der Waals surface area (Å²) in [7, 11) is 0. The van der Waals surface area contributed by atoms with Crippen molar-refractivity contribution in [3.8, 4) is 0 Å². The van der Waals surface area contributed by atoms with Gasteiger partial charge in [0.15, 0.2) is 0 Å². The summed E-state index contributed by atoms with van der Waals surface area (Å²) in [4.78, 5) is 0. The number of hydrogen-bond acceptors (Lipinski definition) is 1. The first-order valence-corrected chi connectivity index (χ1v) is 4.53. The zero-order chi connectivity index (χ0) is 10.7. The highest BCUT2D eigenvalue weighted by Crippen LogP contribution is 2.02. The van der Waals surface area contributed by atoms with E-state index in [2.05, 4.69) is 20.1 Å². The minimum absolute atomic E-state index is 0.667. The lowest BCUT2D eigenvalue weighted by Gasteiger charge is -1.91. The van der Waals surface area contributed by atoms with Gasteiger partial charge in [0.1, 0.15) is 0 Å². The summed E-state index contributed by atoms with van der Waals surface area (Å²) in [6.07, 6.45) is 7.93. The van der Waals surface area contributed by atoms with Gasteiger partial charge in [0.05, 0.1) is 0 Å². The fourth-order valence-electron chi connectivity index (χ4n) is 0.609. The summed E-state index contributed by atoms with van der Waals surface area (Å²) >= 11 is 0. The molecule has 0 atom stereocenters. The number of hydrogen-bond donors (Lipinski definition) is 1. The van der Waals surface area contributed by atoms with Crippen LogP contribution in [0.5, 0.6) is 0 Å². The van der Waals surface area contributed by atoms with Crippen LogP contribution in [0.1, 0.15) is 33.6 Å². The van der Waals surface area contributed by atoms with Crippen LogP contribution in [0.4, 0.5) is 0 Å². The normalized spacial score (nSPS) is 8.85. The van der Waals surface area contributed by atoms with Gasteiger partial charge in [-0.15, -0.1) is 0 Å². The van der Waals surface area contributed by atoms with E-state index in [0.29, 0.717) is 5.71 Å². The Morgan fingerprint density at radius 3 is 2.15 bits per heavy atom. The van der Waals surface area contributed by atoms with Gasteiger partial charge >= 0.3 is 0 Å². The van der Waals surface area contributed by atoms with Crippen molar-refractivity contribution in [2.75, 3.05) is 0 Å². The largest absolute Gasteiger partial charge is 0.310 e. The molecule has 1 N–H and O–H groups in total. The minimum Gasteiger partial charge on any atom is -0.310 e. The Hall–Kier alpha value is -1.11. The van der Waals surface area contributed by atoms with E-state index in [-0.39, 0.29) is 0 Å². The first kappa shape index (κ1) is 14.4. The molecule has 0 aromatic carbocycles. The zero-order valence-corrected chi connectivity index (χ0v) is 9.06. The van der Waals surface area contributed by atoms with Crippen molar-refractivity contribution in [2.45, 2.75) is 33.6 Å². The van der Waals surface area contributed by atoms with Gasteiger partial charge in [-0.2, -0.15) is 0 Å². The van der Waals surface area contributed by atoms with Crippen LogP contribution in [-0.4, -0.2) is 5.71 Å². The third-order valence-electron chi connectivity index (χ3n) is 1.04. The molecule has 0 aromatic rings. The molecular formula is C12H21N. The van der Waals surface area contributed by atoms with Gasteiger partial charge in [-0.1, -0.05) is 50.3 Å². The number of allylic oxidation sites excluding steroid dienone is 4. The first-order valence-electron chi connectivity index (χ1n) is 4.53. The molecule has 0 saturated carbocycles. The van der Waals surface area contributed by atoms with Crippen LogP contribution in [0.15, 0.2) is 37.0 Å². The van der Waals surface area contributed by atoms with Crippen molar-refractivity contribution in [1.82, 2.24) is 0 Å². The molecule has 1 heteroatoms. The molecule has 0 aliphatic carbocycles. The summed E-state index contributed by atoms with van der Waals surface area (Å²) in [6, 6.07) is 0. The second kappa shape index (κ2) is 10.9. The van der Waals surface area contributed by atoms with Crippen molar-refractivity contribution in [3.63, 3.8) is 0 Å². The topological polar surface area (TPSA) is 23.9 Å². The molecule has 0 aliphatic heterocycles. The molecular weight excluding hydrogens is 158 g/mol. The van der Waals surface area contributed by atoms with Crippen LogP contribution < -0.4 is 0 Å². The molecule has 0 amide bonds. The van der Waals surface area contributed by atoms with Gasteiger partial charge in [-0.25, -0.2) is 0 Å². The lowest BCUT2D eigenvalue weighted by Crippen LogP contribution is -1.71. The van der Waals surface area contributed by atoms with Crippen molar-refractivity contribution in [2.24, 2.45) is 0 Å². The first-order chi connectivity index (χ1) is 6.04. The second-order valence-corrected chi connectivity index (χ2v) is 3.00. The molecule has 13 heavy (non-hydrogen) atoms. The zero-order valence-electron chi connectivity index (χ0n) is 9.06. The van der Waals surface area contributed by atoms with Gasteiger partial charge < -0.3 is 5.41 Å². The maximum Gasteiger partial charge on any atom is 0.00272 e. The van der Waals surface area contributed by atoms with Gasteiger partial charge in [0, 0.05) is 5.71 Å². The van der Waals surface area contributed by atoms with E-state index in [1.165, 1.54) is 12.0 Å². The Morgan fingerprint density at radius 1 is 1.38 bits per heavy atom. The van der Waals surface area contributed by atoms with Crippen LogP contribution in [0, 0.1) is 5.41 Å². The third kappa shape index (κ3) is 24.8. The summed E-state index contributed by atoms with van der Waals surface area (Å²) < 4.78 is 0. The molecule has 0 heterocycles. The summed E-state index contributed by atoms with van der Waals surface area (Å²) in [5, 5.41) is 6.50. The molecule has 0 unspecified atom stereocenters. The number of nitrogens with one attached hydrogen (secondary N) is 1. The second-order valence-electron chi connectivity index (χ2n) is 3.00. The van der Waals surface area contributed by atoms with Crippen molar-refractivity contribution >= 4 is 5.71 Å². The SMILES string of the molecule is C=C/C=C\C(=C)CCC.CC(C)=N. The Morgan fingerprint density at radius 2 is 1.85 bits per heavy atom. The molecule has 1 nitrogen and oxygen atoms in total. The van der Waals surface area contributed by atoms with Crippen molar-refractivity contribution < 1.29 is 0 Å². The van der Waals surface area contributed by atoms with Gasteiger partial charge in [-0.05, 0) is 20.3 Å². The fourth-order valence-corrected chi connectivity index (χ4v) is 0.609. The average Bonchev–Trinajstić information content (AvgIpc) is 2.00. The Kier molecular flexibility index (Phi) is 12.1. The molecule has 0 saturated heterocycles. The average molecular weight is 179 g/mol. The Balaban J connectivity index is 0. The van der Waals surface area contributed by atoms with Crippen molar-refractivity contribution in [3.05, 3.63) is 37.0 Å². The molecule has 0 spiro atoms. The van der Waals surface area contributed by atoms with E-state index in [1.807, 2.05) is 12.2 Å². The molecule has 0 rings (SSSR count). The quantitative estimate of drug-likeness (QED) is 0.495. The van der Waals surface area contributed by atoms with Crippen LogP contribution in [0.2, 0.25) is 0 Å². The molecule has 0 radical (unpaired) electrons. The Bertz CT molecular complexity index is 183. The predicted molar refractivity (Wildman–Crippen MR) is 62.5 cm³/mol. The van der Waals surface area contributed by atoms with Crippen LogP contribution >= 0.6 is 0 Å². The van der Waals surface area contributed by atoms with E-state index >= 15 is 0 Å². The smallest absolute Gasteiger partial charge is 0.00272 e. The van der Waals surface area contributed by atoms with E-state index in [0.717, 1.165) is 6.42 Å². The maximum absolute atomic E-state index is 6.50. The molecule has 0 aliphatic rings. The Labute approximate surface area is 82.4 Å². The third-order valence-corrected chi connectivity index (χ3v) is 1.04. The van der Waals surface area contributed by atoms with Gasteiger partial charge in [0.2, 0.25) is 0 Å². The van der Waals surface area contributed by atoms with Crippen LogP contribution in [0.3, 0.4) is 0 Å². The van der Waals surface area contributed by atoms with Gasteiger partial charge in [-0.3, -0.25) is 0 Å². The molecule has 74 valence electrons. The predicted octanol–water partition coefficient (Wildman–Crippen LogP) is 4.13. The van der Waals surface area contributed by atoms with E-state index in [1.54, 1.807) is 19.9 Å². The monoisotopic (exact) mass is 179 g/mol. The van der Waals surface area contributed by atoms with Crippen LogP contribution in [-0.2, 0) is 0 Å². The van der Waals surface area contributed by atoms with Crippen LogP contribution in [0.25, 0.3) is 0 Å². The van der Waals surface area contributed by atoms with E-state index < -0.39 is 0 Å². The summed E-state index contributed by atoms with van der Waals surface area (Å²) in [6.45, 7) is 13.1. The summed E-state index contributed by atoms with van der Waals surface area (Å²) in [5.74, 6) is 0. The molecule has 0 fully saturated rings. The lowest BCUT2D eigenvalue weighted by molar-refractivity contribution is 0.930. The highest BCUT2D eigenvalue weighted by Gasteiger charge is 1.81.